The van der Waals surface area contributed by atoms with Gasteiger partial charge >= 0.3 is 5.97 Å². The summed E-state index contributed by atoms with van der Waals surface area (Å²) < 4.78 is 0. The van der Waals surface area contributed by atoms with E-state index in [9.17, 15) is 9.59 Å². The number of pyridine rings is 1. The number of carbonyl (C=O) groups is 2. The molecule has 0 bridgehead atoms. The lowest BCUT2D eigenvalue weighted by Crippen LogP contribution is -2.25. The molecule has 1 aromatic rings. The predicted molar refractivity (Wildman–Crippen MR) is 67.4 cm³/mol. The number of aromatic nitrogens is 1. The number of carbonyl (C=O) groups excluding carboxylic acids is 1. The van der Waals surface area contributed by atoms with Gasteiger partial charge in [0.15, 0.2) is 0 Å². The third-order valence-electron chi connectivity index (χ3n) is 2.44. The Kier molecular flexibility index (Phi) is 4.04. The molecule has 0 radical (unpaired) electrons. The van der Waals surface area contributed by atoms with Gasteiger partial charge in [-0.3, -0.25) is 4.79 Å². The number of aryl methyl sites for hydroxylation is 1. The van der Waals surface area contributed by atoms with Gasteiger partial charge in [-0.1, -0.05) is 0 Å². The highest BCUT2D eigenvalue weighted by atomic mass is 16.4. The number of nitrogens with zero attached hydrogens (tertiary/aromatic N) is 1. The van der Waals surface area contributed by atoms with Crippen molar-refractivity contribution in [2.75, 3.05) is 5.73 Å². The smallest absolute Gasteiger partial charge is 0.352 e. The molecule has 1 amide bonds. The van der Waals surface area contributed by atoms with Crippen molar-refractivity contribution in [3.05, 3.63) is 29.1 Å². The second kappa shape index (κ2) is 5.31. The van der Waals surface area contributed by atoms with E-state index in [1.165, 1.54) is 13.1 Å². The lowest BCUT2D eigenvalue weighted by atomic mass is 10.1. The van der Waals surface area contributed by atoms with Gasteiger partial charge in [-0.15, -0.1) is 0 Å². The van der Waals surface area contributed by atoms with Gasteiger partial charge in [-0.2, -0.15) is 0 Å². The number of hydrogen-bond donors (Lipinski definition) is 3. The van der Waals surface area contributed by atoms with E-state index in [1.54, 1.807) is 19.9 Å². The molecule has 0 atom stereocenters. The van der Waals surface area contributed by atoms with Crippen LogP contribution in [0.15, 0.2) is 18.0 Å². The van der Waals surface area contributed by atoms with Crippen LogP contribution in [0.4, 0.5) is 5.82 Å². The van der Waals surface area contributed by atoms with Crippen LogP contribution in [-0.4, -0.2) is 22.0 Å². The average molecular weight is 249 g/mol. The van der Waals surface area contributed by atoms with Crippen LogP contribution in [-0.2, 0) is 9.59 Å². The van der Waals surface area contributed by atoms with Crippen molar-refractivity contribution in [1.29, 1.82) is 0 Å². The number of carboxylic acids is 1. The van der Waals surface area contributed by atoms with Gasteiger partial charge in [0.1, 0.15) is 11.5 Å². The van der Waals surface area contributed by atoms with Gasteiger partial charge in [0.25, 0.3) is 0 Å². The standard InChI is InChI=1S/C12H15N3O3/c1-6-4-9(5-14-11(6)13)7(2)10(12(17)18)15-8(3)16/h4-5H,1-3H3,(H2,13,14)(H,15,16)(H,17,18). The zero-order valence-electron chi connectivity index (χ0n) is 10.4. The van der Waals surface area contributed by atoms with Crippen LogP contribution < -0.4 is 11.1 Å². The van der Waals surface area contributed by atoms with Crippen molar-refractivity contribution >= 4 is 23.3 Å². The maximum absolute atomic E-state index is 11.1. The Hall–Kier alpha value is -2.37. The third-order valence-corrected chi connectivity index (χ3v) is 2.44. The minimum absolute atomic E-state index is 0.159. The molecule has 0 aliphatic heterocycles. The van der Waals surface area contributed by atoms with Crippen molar-refractivity contribution in [2.45, 2.75) is 20.8 Å². The Morgan fingerprint density at radius 2 is 2.00 bits per heavy atom. The molecule has 6 heteroatoms. The van der Waals surface area contributed by atoms with Gasteiger partial charge in [-0.05, 0) is 36.6 Å². The molecule has 0 aliphatic carbocycles. The molecule has 0 aromatic carbocycles. The lowest BCUT2D eigenvalue weighted by Gasteiger charge is -2.10. The van der Waals surface area contributed by atoms with Gasteiger partial charge < -0.3 is 16.2 Å². The summed E-state index contributed by atoms with van der Waals surface area (Å²) in [6.45, 7) is 4.63. The zero-order chi connectivity index (χ0) is 13.9. The molecule has 0 fully saturated rings. The number of amides is 1. The number of hydrogen-bond acceptors (Lipinski definition) is 4. The number of anilines is 1. The summed E-state index contributed by atoms with van der Waals surface area (Å²) in [5.74, 6) is -1.24. The van der Waals surface area contributed by atoms with E-state index in [1.807, 2.05) is 0 Å². The van der Waals surface area contributed by atoms with Gasteiger partial charge in [0.05, 0.1) is 0 Å². The monoisotopic (exact) mass is 249 g/mol. The molecule has 6 nitrogen and oxygen atoms in total. The summed E-state index contributed by atoms with van der Waals surface area (Å²) in [7, 11) is 0. The van der Waals surface area contributed by atoms with Crippen LogP contribution in [0.3, 0.4) is 0 Å². The quantitative estimate of drug-likeness (QED) is 0.691. The third kappa shape index (κ3) is 3.07. The number of nitrogen functional groups attached to an aromatic ring is 1. The van der Waals surface area contributed by atoms with Crippen LogP contribution in [0.2, 0.25) is 0 Å². The lowest BCUT2D eigenvalue weighted by molar-refractivity contribution is -0.134. The number of carboxylic acid groups (broad SMARTS) is 1. The predicted octanol–water partition coefficient (Wildman–Crippen LogP) is 0.924. The van der Waals surface area contributed by atoms with Crippen molar-refractivity contribution in [3.63, 3.8) is 0 Å². The van der Waals surface area contributed by atoms with Crippen molar-refractivity contribution in [1.82, 2.24) is 10.3 Å². The van der Waals surface area contributed by atoms with E-state index in [2.05, 4.69) is 10.3 Å². The highest BCUT2D eigenvalue weighted by molar-refractivity contribution is 5.99. The Morgan fingerprint density at radius 3 is 2.44 bits per heavy atom. The molecule has 0 unspecified atom stereocenters. The van der Waals surface area contributed by atoms with Crippen molar-refractivity contribution in [2.24, 2.45) is 0 Å². The molecule has 4 N–H and O–H groups in total. The van der Waals surface area contributed by atoms with Crippen molar-refractivity contribution < 1.29 is 14.7 Å². The van der Waals surface area contributed by atoms with Crippen LogP contribution in [0.5, 0.6) is 0 Å². The molecule has 0 spiro atoms. The molecule has 1 aromatic heterocycles. The molecule has 0 saturated carbocycles. The normalized spacial score (nSPS) is 11.7. The number of allylic oxidation sites excluding steroid dienone is 1. The molecule has 18 heavy (non-hydrogen) atoms. The highest BCUT2D eigenvalue weighted by Crippen LogP contribution is 2.19. The number of aliphatic carboxylic acids is 1. The van der Waals surface area contributed by atoms with Crippen LogP contribution >= 0.6 is 0 Å². The van der Waals surface area contributed by atoms with Gasteiger partial charge in [-0.25, -0.2) is 9.78 Å². The summed E-state index contributed by atoms with van der Waals surface area (Å²) in [6.07, 6.45) is 1.47. The average Bonchev–Trinajstić information content (AvgIpc) is 2.28. The second-order valence-corrected chi connectivity index (χ2v) is 3.91. The Morgan fingerprint density at radius 1 is 1.39 bits per heavy atom. The summed E-state index contributed by atoms with van der Waals surface area (Å²) >= 11 is 0. The van der Waals surface area contributed by atoms with Crippen LogP contribution in [0, 0.1) is 6.92 Å². The van der Waals surface area contributed by atoms with Gasteiger partial charge in [0, 0.05) is 13.1 Å². The number of rotatable bonds is 3. The van der Waals surface area contributed by atoms with Crippen molar-refractivity contribution in [3.8, 4) is 0 Å². The fraction of sp³-hybridized carbons (Fsp3) is 0.250. The Labute approximate surface area is 105 Å². The minimum atomic E-state index is -1.20. The Bertz CT molecular complexity index is 535. The van der Waals surface area contributed by atoms with E-state index in [0.29, 0.717) is 17.0 Å². The molecule has 0 saturated heterocycles. The molecular weight excluding hydrogens is 234 g/mol. The fourth-order valence-electron chi connectivity index (χ4n) is 1.42. The summed E-state index contributed by atoms with van der Waals surface area (Å²) in [4.78, 5) is 26.0. The number of nitrogens with one attached hydrogen (secondary N) is 1. The summed E-state index contributed by atoms with van der Waals surface area (Å²) in [5.41, 5.74) is 7.21. The first-order chi connectivity index (χ1) is 8.32. The number of nitrogens with two attached hydrogens (primary N) is 1. The first kappa shape index (κ1) is 13.7. The highest BCUT2D eigenvalue weighted by Gasteiger charge is 2.14. The van der Waals surface area contributed by atoms with E-state index >= 15 is 0 Å². The Balaban J connectivity index is 3.28. The first-order valence-corrected chi connectivity index (χ1v) is 5.27. The molecule has 1 heterocycles. The largest absolute Gasteiger partial charge is 0.477 e. The maximum Gasteiger partial charge on any atom is 0.352 e. The zero-order valence-corrected chi connectivity index (χ0v) is 10.4. The molecule has 96 valence electrons. The second-order valence-electron chi connectivity index (χ2n) is 3.91. The maximum atomic E-state index is 11.1. The topological polar surface area (TPSA) is 105 Å². The molecular formula is C12H15N3O3. The molecule has 0 aliphatic rings. The van der Waals surface area contributed by atoms with Crippen LogP contribution in [0.25, 0.3) is 5.57 Å². The summed E-state index contributed by atoms with van der Waals surface area (Å²) in [5, 5.41) is 11.4. The fourth-order valence-corrected chi connectivity index (χ4v) is 1.42. The SMILES string of the molecule is CC(=O)NC(C(=O)O)=C(C)c1cnc(N)c(C)c1. The van der Waals surface area contributed by atoms with E-state index < -0.39 is 11.9 Å². The molecule has 1 rings (SSSR count). The van der Waals surface area contributed by atoms with Crippen LogP contribution in [0.1, 0.15) is 25.0 Å². The van der Waals surface area contributed by atoms with E-state index in [0.717, 1.165) is 5.56 Å². The first-order valence-electron chi connectivity index (χ1n) is 5.27. The van der Waals surface area contributed by atoms with E-state index in [-0.39, 0.29) is 5.70 Å². The van der Waals surface area contributed by atoms with E-state index in [4.69, 9.17) is 10.8 Å². The minimum Gasteiger partial charge on any atom is -0.477 e. The summed E-state index contributed by atoms with van der Waals surface area (Å²) in [6, 6.07) is 1.72. The van der Waals surface area contributed by atoms with Gasteiger partial charge in [0.2, 0.25) is 5.91 Å².